The Morgan fingerprint density at radius 2 is 2.04 bits per heavy atom. The van der Waals surface area contributed by atoms with Gasteiger partial charge in [0.05, 0.1) is 0 Å². The second kappa shape index (κ2) is 6.61. The molecule has 0 saturated carbocycles. The van der Waals surface area contributed by atoms with Crippen molar-refractivity contribution in [1.29, 1.82) is 0 Å². The molecule has 2 saturated heterocycles. The van der Waals surface area contributed by atoms with Gasteiger partial charge < -0.3 is 15.1 Å². The van der Waals surface area contributed by atoms with Gasteiger partial charge in [-0.3, -0.25) is 9.59 Å². The molecule has 3 atom stereocenters. The van der Waals surface area contributed by atoms with Crippen LogP contribution in [-0.2, 0) is 0 Å². The predicted molar refractivity (Wildman–Crippen MR) is 90.7 cm³/mol. The van der Waals surface area contributed by atoms with Gasteiger partial charge in [0.1, 0.15) is 0 Å². The van der Waals surface area contributed by atoms with Gasteiger partial charge in [0.2, 0.25) is 5.78 Å². The summed E-state index contributed by atoms with van der Waals surface area (Å²) in [5.41, 5.74) is 0.627. The summed E-state index contributed by atoms with van der Waals surface area (Å²) in [5, 5.41) is 14.4. The lowest BCUT2D eigenvalue weighted by Gasteiger charge is -2.21. The van der Waals surface area contributed by atoms with Gasteiger partial charge >= 0.3 is 0 Å². The molecule has 3 unspecified atom stereocenters. The highest BCUT2D eigenvalue weighted by Gasteiger charge is 2.39. The molecule has 8 heteroatoms. The number of nitrogens with one attached hydrogen (secondary N) is 2. The van der Waals surface area contributed by atoms with Gasteiger partial charge in [0, 0.05) is 35.5 Å². The largest absolute Gasteiger partial charge is 0.408 e. The van der Waals surface area contributed by atoms with E-state index in [2.05, 4.69) is 20.8 Å². The number of carbonyl (C=O) groups is 2. The molecule has 3 heterocycles. The number of carbonyl (C=O) groups excluding carboxylic acids is 2. The van der Waals surface area contributed by atoms with E-state index in [4.69, 9.17) is 4.42 Å². The summed E-state index contributed by atoms with van der Waals surface area (Å²) in [6, 6.07) is 8.41. The zero-order valence-electron chi connectivity index (χ0n) is 13.7. The zero-order valence-corrected chi connectivity index (χ0v) is 14.5. The third-order valence-corrected chi connectivity index (χ3v) is 5.49. The van der Waals surface area contributed by atoms with Crippen LogP contribution < -0.4 is 10.6 Å². The van der Waals surface area contributed by atoms with Crippen molar-refractivity contribution >= 4 is 23.5 Å². The molecule has 4 rings (SSSR count). The van der Waals surface area contributed by atoms with Gasteiger partial charge in [-0.2, -0.15) is 0 Å². The summed E-state index contributed by atoms with van der Waals surface area (Å²) in [6.45, 7) is 1.38. The number of hydrogen-bond acceptors (Lipinski definition) is 7. The van der Waals surface area contributed by atoms with Crippen molar-refractivity contribution in [2.45, 2.75) is 54.4 Å². The number of aromatic nitrogens is 2. The minimum absolute atomic E-state index is 0.00188. The van der Waals surface area contributed by atoms with Crippen LogP contribution >= 0.6 is 11.8 Å². The Hall–Kier alpha value is -2.19. The van der Waals surface area contributed by atoms with Crippen LogP contribution in [0.4, 0.5) is 0 Å². The molecule has 2 bridgehead atoms. The average molecular weight is 358 g/mol. The number of nitrogens with zero attached hydrogens (tertiary/aromatic N) is 2. The third-order valence-electron chi connectivity index (χ3n) is 4.65. The van der Waals surface area contributed by atoms with E-state index in [1.54, 1.807) is 12.1 Å². The van der Waals surface area contributed by atoms with Crippen LogP contribution in [0.5, 0.6) is 0 Å². The van der Waals surface area contributed by atoms with Gasteiger partial charge in [-0.15, -0.1) is 10.2 Å². The summed E-state index contributed by atoms with van der Waals surface area (Å²) in [4.78, 5) is 24.4. The number of rotatable bonds is 5. The smallest absolute Gasteiger partial charge is 0.284 e. The number of hydrogen-bond donors (Lipinski definition) is 2. The summed E-state index contributed by atoms with van der Waals surface area (Å²) < 4.78 is 5.25. The first-order valence-electron chi connectivity index (χ1n) is 8.28. The number of fused-ring (bicyclic) bond motifs is 2. The SMILES string of the molecule is CC(=O)c1nnc(Sc2ccc(C(=O)NC3CC4CCC3N4)cc2)o1. The molecule has 2 fully saturated rings. The Kier molecular flexibility index (Phi) is 4.30. The Morgan fingerprint density at radius 3 is 2.64 bits per heavy atom. The molecule has 1 amide bonds. The summed E-state index contributed by atoms with van der Waals surface area (Å²) in [5.74, 6) is -0.313. The van der Waals surface area contributed by atoms with Crippen LogP contribution in [0.2, 0.25) is 0 Å². The van der Waals surface area contributed by atoms with Crippen molar-refractivity contribution in [3.05, 3.63) is 35.7 Å². The van der Waals surface area contributed by atoms with Gasteiger partial charge in [-0.25, -0.2) is 0 Å². The van der Waals surface area contributed by atoms with Crippen LogP contribution in [0.15, 0.2) is 38.8 Å². The van der Waals surface area contributed by atoms with Crippen molar-refractivity contribution in [2.75, 3.05) is 0 Å². The number of Topliss-reactive ketones (excluding diaryl/α,β-unsaturated/α-hetero) is 1. The fraction of sp³-hybridized carbons (Fsp3) is 0.412. The highest BCUT2D eigenvalue weighted by molar-refractivity contribution is 7.99. The van der Waals surface area contributed by atoms with Gasteiger partial charge in [-0.1, -0.05) is 0 Å². The quantitative estimate of drug-likeness (QED) is 0.790. The average Bonchev–Trinajstić information content (AvgIpc) is 3.32. The molecule has 130 valence electrons. The molecule has 0 radical (unpaired) electrons. The van der Waals surface area contributed by atoms with Gasteiger partial charge in [0.25, 0.3) is 17.0 Å². The molecule has 0 aliphatic carbocycles. The molecule has 1 aromatic carbocycles. The van der Waals surface area contributed by atoms with Crippen molar-refractivity contribution in [3.63, 3.8) is 0 Å². The molecule has 0 spiro atoms. The minimum atomic E-state index is -0.263. The van der Waals surface area contributed by atoms with Crippen molar-refractivity contribution < 1.29 is 14.0 Å². The third kappa shape index (κ3) is 3.45. The van der Waals surface area contributed by atoms with Crippen molar-refractivity contribution in [2.24, 2.45) is 0 Å². The lowest BCUT2D eigenvalue weighted by Crippen LogP contribution is -2.42. The second-order valence-electron chi connectivity index (χ2n) is 6.42. The minimum Gasteiger partial charge on any atom is -0.408 e. The number of benzene rings is 1. The Balaban J connectivity index is 1.37. The first kappa shape index (κ1) is 16.3. The van der Waals surface area contributed by atoms with E-state index in [1.807, 2.05) is 12.1 Å². The van der Waals surface area contributed by atoms with Crippen LogP contribution in [0.1, 0.15) is 47.2 Å². The molecule has 2 aromatic rings. The monoisotopic (exact) mass is 358 g/mol. The van der Waals surface area contributed by atoms with Crippen LogP contribution in [0.3, 0.4) is 0 Å². The molecule has 2 aliphatic rings. The van der Waals surface area contributed by atoms with E-state index in [0.29, 0.717) is 22.9 Å². The van der Waals surface area contributed by atoms with Crippen LogP contribution in [0.25, 0.3) is 0 Å². The van der Waals surface area contributed by atoms with E-state index >= 15 is 0 Å². The summed E-state index contributed by atoms with van der Waals surface area (Å²) in [7, 11) is 0. The molecule has 25 heavy (non-hydrogen) atoms. The normalized spacial score (nSPS) is 24.4. The number of amides is 1. The predicted octanol–water partition coefficient (Wildman–Crippen LogP) is 2.05. The van der Waals surface area contributed by atoms with Gasteiger partial charge in [0.15, 0.2) is 0 Å². The molecule has 7 nitrogen and oxygen atoms in total. The van der Waals surface area contributed by atoms with Crippen LogP contribution in [0, 0.1) is 0 Å². The first-order chi connectivity index (χ1) is 12.1. The van der Waals surface area contributed by atoms with E-state index in [0.717, 1.165) is 17.7 Å². The Morgan fingerprint density at radius 1 is 1.24 bits per heavy atom. The maximum atomic E-state index is 12.4. The number of ketones is 1. The highest BCUT2D eigenvalue weighted by atomic mass is 32.2. The second-order valence-corrected chi connectivity index (χ2v) is 7.44. The van der Waals surface area contributed by atoms with Crippen LogP contribution in [-0.4, -0.2) is 40.0 Å². The topological polar surface area (TPSA) is 97.1 Å². The molecular weight excluding hydrogens is 340 g/mol. The fourth-order valence-corrected chi connectivity index (χ4v) is 4.08. The molecular formula is C17H18N4O3S. The van der Waals surface area contributed by atoms with Crippen molar-refractivity contribution in [1.82, 2.24) is 20.8 Å². The van der Waals surface area contributed by atoms with E-state index in [1.165, 1.54) is 25.1 Å². The zero-order chi connectivity index (χ0) is 17.4. The lowest BCUT2D eigenvalue weighted by atomic mass is 9.95. The van der Waals surface area contributed by atoms with Gasteiger partial charge in [-0.05, 0) is 55.3 Å². The maximum Gasteiger partial charge on any atom is 0.284 e. The maximum absolute atomic E-state index is 12.4. The summed E-state index contributed by atoms with van der Waals surface area (Å²) in [6.07, 6.45) is 3.36. The first-order valence-corrected chi connectivity index (χ1v) is 9.09. The molecule has 2 aliphatic heterocycles. The Labute approximate surface area is 149 Å². The summed E-state index contributed by atoms with van der Waals surface area (Å²) >= 11 is 1.25. The van der Waals surface area contributed by atoms with Crippen molar-refractivity contribution in [3.8, 4) is 0 Å². The highest BCUT2D eigenvalue weighted by Crippen LogP contribution is 2.29. The molecule has 1 aromatic heterocycles. The fourth-order valence-electron chi connectivity index (χ4n) is 3.40. The van der Waals surface area contributed by atoms with E-state index in [-0.39, 0.29) is 23.6 Å². The Bertz CT molecular complexity index is 804. The lowest BCUT2D eigenvalue weighted by molar-refractivity contribution is 0.0929. The van der Waals surface area contributed by atoms with E-state index in [9.17, 15) is 9.59 Å². The standard InChI is InChI=1S/C17H18N4O3S/c1-9(22)16-20-21-17(24-16)25-12-5-2-10(3-6-12)15(23)19-14-8-11-4-7-13(14)18-11/h2-3,5-6,11,13-14,18H,4,7-8H2,1H3,(H,19,23). The molecule has 2 N–H and O–H groups in total. The van der Waals surface area contributed by atoms with E-state index < -0.39 is 0 Å².